The van der Waals surface area contributed by atoms with E-state index in [1.165, 1.54) is 12.8 Å². The first-order chi connectivity index (χ1) is 9.20. The van der Waals surface area contributed by atoms with Crippen LogP contribution in [-0.4, -0.2) is 23.7 Å². The molecule has 3 nitrogen and oxygen atoms in total. The molecule has 2 N–H and O–H groups in total. The Bertz CT molecular complexity index is 432. The summed E-state index contributed by atoms with van der Waals surface area (Å²) in [6, 6.07) is 8.14. The largest absolute Gasteiger partial charge is 0.396 e. The van der Waals surface area contributed by atoms with Crippen molar-refractivity contribution in [2.75, 3.05) is 6.61 Å². The van der Waals surface area contributed by atoms with Gasteiger partial charge < -0.3 is 10.4 Å². The van der Waals surface area contributed by atoms with E-state index in [-0.39, 0.29) is 18.6 Å². The molecule has 1 aliphatic rings. The number of rotatable bonds is 7. The Kier molecular flexibility index (Phi) is 5.40. The molecular formula is C15H20BrNO2. The molecule has 104 valence electrons. The number of nitrogens with one attached hydrogen (secondary N) is 1. The summed E-state index contributed by atoms with van der Waals surface area (Å²) >= 11 is 3.49. The Morgan fingerprint density at radius 2 is 2.16 bits per heavy atom. The molecular weight excluding hydrogens is 306 g/mol. The Labute approximate surface area is 122 Å². The van der Waals surface area contributed by atoms with Gasteiger partial charge in [-0.05, 0) is 43.2 Å². The Morgan fingerprint density at radius 1 is 1.42 bits per heavy atom. The van der Waals surface area contributed by atoms with Crippen LogP contribution >= 0.6 is 15.9 Å². The van der Waals surface area contributed by atoms with Crippen LogP contribution in [0, 0.1) is 5.92 Å². The van der Waals surface area contributed by atoms with Gasteiger partial charge in [0.25, 0.3) is 0 Å². The number of aryl methyl sites for hydroxylation is 1. The van der Waals surface area contributed by atoms with Gasteiger partial charge >= 0.3 is 0 Å². The van der Waals surface area contributed by atoms with Gasteiger partial charge in [-0.2, -0.15) is 0 Å². The smallest absolute Gasteiger partial charge is 0.220 e. The predicted molar refractivity (Wildman–Crippen MR) is 78.8 cm³/mol. The SMILES string of the molecule is O=C(CCc1ccccc1Br)NC(CCO)C1CC1. The minimum atomic E-state index is 0.0844. The highest BCUT2D eigenvalue weighted by Gasteiger charge is 2.31. The van der Waals surface area contributed by atoms with Crippen molar-refractivity contribution in [3.05, 3.63) is 34.3 Å². The molecule has 0 spiro atoms. The van der Waals surface area contributed by atoms with Crippen LogP contribution in [-0.2, 0) is 11.2 Å². The van der Waals surface area contributed by atoms with Gasteiger partial charge in [-0.1, -0.05) is 34.1 Å². The van der Waals surface area contributed by atoms with E-state index in [9.17, 15) is 4.79 Å². The summed E-state index contributed by atoms with van der Waals surface area (Å²) in [5.41, 5.74) is 1.16. The fraction of sp³-hybridized carbons (Fsp3) is 0.533. The maximum absolute atomic E-state index is 11.9. The second-order valence-corrected chi connectivity index (χ2v) is 5.97. The van der Waals surface area contributed by atoms with Crippen LogP contribution in [0.15, 0.2) is 28.7 Å². The van der Waals surface area contributed by atoms with E-state index < -0.39 is 0 Å². The van der Waals surface area contributed by atoms with Crippen molar-refractivity contribution in [1.29, 1.82) is 0 Å². The van der Waals surface area contributed by atoms with E-state index in [2.05, 4.69) is 21.2 Å². The van der Waals surface area contributed by atoms with Gasteiger partial charge in [0, 0.05) is 23.5 Å². The van der Waals surface area contributed by atoms with Gasteiger partial charge in [-0.25, -0.2) is 0 Å². The number of carbonyl (C=O) groups is 1. The van der Waals surface area contributed by atoms with Gasteiger partial charge in [-0.15, -0.1) is 0 Å². The maximum Gasteiger partial charge on any atom is 0.220 e. The lowest BCUT2D eigenvalue weighted by molar-refractivity contribution is -0.122. The molecule has 1 saturated carbocycles. The third-order valence-corrected chi connectivity index (χ3v) is 4.33. The summed E-state index contributed by atoms with van der Waals surface area (Å²) < 4.78 is 1.05. The van der Waals surface area contributed by atoms with Crippen LogP contribution in [0.4, 0.5) is 0 Å². The second-order valence-electron chi connectivity index (χ2n) is 5.12. The van der Waals surface area contributed by atoms with Crippen molar-refractivity contribution in [1.82, 2.24) is 5.32 Å². The zero-order valence-corrected chi connectivity index (χ0v) is 12.5. The van der Waals surface area contributed by atoms with Crippen LogP contribution in [0.25, 0.3) is 0 Å². The van der Waals surface area contributed by atoms with Crippen LogP contribution in [0.3, 0.4) is 0 Å². The first-order valence-electron chi connectivity index (χ1n) is 6.84. The Morgan fingerprint density at radius 3 is 2.79 bits per heavy atom. The number of carbonyl (C=O) groups excluding carboxylic acids is 1. The average molecular weight is 326 g/mol. The van der Waals surface area contributed by atoms with Gasteiger partial charge in [0.2, 0.25) is 5.91 Å². The number of hydrogen-bond acceptors (Lipinski definition) is 2. The Hall–Kier alpha value is -0.870. The number of halogens is 1. The zero-order chi connectivity index (χ0) is 13.7. The summed E-state index contributed by atoms with van der Waals surface area (Å²) in [6.07, 6.45) is 4.26. The summed E-state index contributed by atoms with van der Waals surface area (Å²) in [7, 11) is 0. The highest BCUT2D eigenvalue weighted by atomic mass is 79.9. The van der Waals surface area contributed by atoms with E-state index in [4.69, 9.17) is 5.11 Å². The predicted octanol–water partition coefficient (Wildman–Crippen LogP) is 2.66. The molecule has 1 aromatic carbocycles. The molecule has 1 atom stereocenters. The lowest BCUT2D eigenvalue weighted by atomic mass is 10.1. The van der Waals surface area contributed by atoms with Crippen molar-refractivity contribution >= 4 is 21.8 Å². The quantitative estimate of drug-likeness (QED) is 0.809. The summed E-state index contributed by atoms with van der Waals surface area (Å²) in [5.74, 6) is 0.667. The normalized spacial score (nSPS) is 16.1. The lowest BCUT2D eigenvalue weighted by Crippen LogP contribution is -2.37. The van der Waals surface area contributed by atoms with E-state index in [1.807, 2.05) is 24.3 Å². The molecule has 4 heteroatoms. The van der Waals surface area contributed by atoms with Gasteiger partial charge in [0.1, 0.15) is 0 Å². The molecule has 0 bridgehead atoms. The maximum atomic E-state index is 11.9. The fourth-order valence-corrected chi connectivity index (χ4v) is 2.77. The van der Waals surface area contributed by atoms with E-state index in [1.54, 1.807) is 0 Å². The van der Waals surface area contributed by atoms with Crippen LogP contribution in [0.2, 0.25) is 0 Å². The summed E-state index contributed by atoms with van der Waals surface area (Å²) in [4.78, 5) is 11.9. The molecule has 1 aromatic rings. The molecule has 0 aromatic heterocycles. The second kappa shape index (κ2) is 7.06. The standard InChI is InChI=1S/C15H20BrNO2/c16-13-4-2-1-3-11(13)7-8-15(19)17-14(9-10-18)12-5-6-12/h1-4,12,14,18H,5-10H2,(H,17,19). The first kappa shape index (κ1) is 14.5. The third kappa shape index (κ3) is 4.62. The van der Waals surface area contributed by atoms with Gasteiger partial charge in [0.15, 0.2) is 0 Å². The van der Waals surface area contributed by atoms with Crippen molar-refractivity contribution in [3.63, 3.8) is 0 Å². The molecule has 0 radical (unpaired) electrons. The molecule has 0 saturated heterocycles. The number of benzene rings is 1. The van der Waals surface area contributed by atoms with Gasteiger partial charge in [-0.3, -0.25) is 4.79 Å². The molecule has 19 heavy (non-hydrogen) atoms. The number of amides is 1. The molecule has 1 unspecified atom stereocenters. The monoisotopic (exact) mass is 325 g/mol. The van der Waals surface area contributed by atoms with Gasteiger partial charge in [0.05, 0.1) is 0 Å². The van der Waals surface area contributed by atoms with E-state index in [0.717, 1.165) is 16.5 Å². The minimum Gasteiger partial charge on any atom is -0.396 e. The molecule has 1 amide bonds. The summed E-state index contributed by atoms with van der Waals surface area (Å²) in [6.45, 7) is 0.145. The number of aliphatic hydroxyl groups is 1. The summed E-state index contributed by atoms with van der Waals surface area (Å²) in [5, 5.41) is 12.1. The minimum absolute atomic E-state index is 0.0844. The van der Waals surface area contributed by atoms with E-state index >= 15 is 0 Å². The molecule has 1 fully saturated rings. The van der Waals surface area contributed by atoms with Crippen molar-refractivity contribution in [2.24, 2.45) is 5.92 Å². The zero-order valence-electron chi connectivity index (χ0n) is 10.9. The number of aliphatic hydroxyl groups excluding tert-OH is 1. The third-order valence-electron chi connectivity index (χ3n) is 3.56. The average Bonchev–Trinajstić information content (AvgIpc) is 3.21. The highest BCUT2D eigenvalue weighted by Crippen LogP contribution is 2.33. The van der Waals surface area contributed by atoms with Crippen LogP contribution in [0.1, 0.15) is 31.2 Å². The molecule has 0 aliphatic heterocycles. The van der Waals surface area contributed by atoms with Crippen molar-refractivity contribution < 1.29 is 9.90 Å². The van der Waals surface area contributed by atoms with Crippen LogP contribution < -0.4 is 5.32 Å². The van der Waals surface area contributed by atoms with E-state index in [0.29, 0.717) is 18.8 Å². The Balaban J connectivity index is 1.79. The molecule has 2 rings (SSSR count). The fourth-order valence-electron chi connectivity index (χ4n) is 2.29. The van der Waals surface area contributed by atoms with Crippen molar-refractivity contribution in [3.8, 4) is 0 Å². The van der Waals surface area contributed by atoms with Crippen molar-refractivity contribution in [2.45, 2.75) is 38.1 Å². The molecule has 1 aliphatic carbocycles. The first-order valence-corrected chi connectivity index (χ1v) is 7.63. The number of hydrogen-bond donors (Lipinski definition) is 2. The molecule has 0 heterocycles. The highest BCUT2D eigenvalue weighted by molar-refractivity contribution is 9.10. The topological polar surface area (TPSA) is 49.3 Å². The van der Waals surface area contributed by atoms with Crippen LogP contribution in [0.5, 0.6) is 0 Å². The lowest BCUT2D eigenvalue weighted by Gasteiger charge is -2.17.